The maximum absolute atomic E-state index is 13.0. The molecule has 16 heavy (non-hydrogen) atoms. The minimum atomic E-state index is -0.574. The van der Waals surface area contributed by atoms with Crippen LogP contribution in [0.15, 0.2) is 18.2 Å². The highest BCUT2D eigenvalue weighted by molar-refractivity contribution is 6.30. The SMILES string of the molecule is CC.CC(=O)C(N)Cc1ccc(Cl)c(F)c1. The van der Waals surface area contributed by atoms with Gasteiger partial charge >= 0.3 is 0 Å². The van der Waals surface area contributed by atoms with Crippen LogP contribution in [0.25, 0.3) is 0 Å². The smallest absolute Gasteiger partial charge is 0.146 e. The normalized spacial score (nSPS) is 11.4. The second kappa shape index (κ2) is 7.36. The van der Waals surface area contributed by atoms with E-state index >= 15 is 0 Å². The van der Waals surface area contributed by atoms with E-state index in [0.717, 1.165) is 0 Å². The molecule has 0 aromatic heterocycles. The number of halogens is 2. The summed E-state index contributed by atoms with van der Waals surface area (Å²) in [6.07, 6.45) is 0.337. The van der Waals surface area contributed by atoms with Crippen LogP contribution < -0.4 is 5.73 Å². The Kier molecular flexibility index (Phi) is 6.93. The van der Waals surface area contributed by atoms with Gasteiger partial charge in [0.25, 0.3) is 0 Å². The van der Waals surface area contributed by atoms with Crippen LogP contribution in [0, 0.1) is 5.82 Å². The topological polar surface area (TPSA) is 43.1 Å². The minimum Gasteiger partial charge on any atom is -0.321 e. The molecule has 1 atom stereocenters. The van der Waals surface area contributed by atoms with Crippen molar-refractivity contribution in [1.29, 1.82) is 0 Å². The largest absolute Gasteiger partial charge is 0.321 e. The third kappa shape index (κ3) is 4.73. The first-order chi connectivity index (χ1) is 7.50. The van der Waals surface area contributed by atoms with Gasteiger partial charge in [-0.25, -0.2) is 4.39 Å². The predicted molar refractivity (Wildman–Crippen MR) is 65.1 cm³/mol. The molecule has 2 nitrogen and oxygen atoms in total. The molecule has 0 saturated heterocycles. The van der Waals surface area contributed by atoms with Gasteiger partial charge in [0, 0.05) is 0 Å². The fourth-order valence-electron chi connectivity index (χ4n) is 1.06. The fraction of sp³-hybridized carbons (Fsp3) is 0.417. The minimum absolute atomic E-state index is 0.0742. The molecule has 0 spiro atoms. The van der Waals surface area contributed by atoms with Crippen molar-refractivity contribution in [1.82, 2.24) is 0 Å². The highest BCUT2D eigenvalue weighted by atomic mass is 35.5. The Morgan fingerprint density at radius 3 is 2.50 bits per heavy atom. The van der Waals surface area contributed by atoms with Gasteiger partial charge in [-0.3, -0.25) is 4.79 Å². The molecule has 1 rings (SSSR count). The average molecular weight is 246 g/mol. The van der Waals surface area contributed by atoms with E-state index < -0.39 is 11.9 Å². The summed E-state index contributed by atoms with van der Waals surface area (Å²) in [4.78, 5) is 10.9. The van der Waals surface area contributed by atoms with Gasteiger partial charge in [-0.15, -0.1) is 0 Å². The molecule has 0 radical (unpaired) electrons. The Morgan fingerprint density at radius 2 is 2.06 bits per heavy atom. The van der Waals surface area contributed by atoms with Gasteiger partial charge in [0.05, 0.1) is 11.1 Å². The predicted octanol–water partition coefficient (Wildman–Crippen LogP) is 2.96. The molecule has 1 unspecified atom stereocenters. The van der Waals surface area contributed by atoms with Crippen molar-refractivity contribution >= 4 is 17.4 Å². The molecule has 0 bridgehead atoms. The van der Waals surface area contributed by atoms with Gasteiger partial charge in [0.2, 0.25) is 0 Å². The molecule has 90 valence electrons. The van der Waals surface area contributed by atoms with E-state index in [1.807, 2.05) is 13.8 Å². The van der Waals surface area contributed by atoms with Crippen molar-refractivity contribution in [3.05, 3.63) is 34.6 Å². The molecule has 1 aromatic carbocycles. The Balaban J connectivity index is 0.00000106. The zero-order valence-electron chi connectivity index (χ0n) is 9.76. The highest BCUT2D eigenvalue weighted by Crippen LogP contribution is 2.16. The Bertz CT molecular complexity index is 355. The van der Waals surface area contributed by atoms with Crippen LogP contribution in [0.1, 0.15) is 26.3 Å². The summed E-state index contributed by atoms with van der Waals surface area (Å²) >= 11 is 5.51. The zero-order valence-corrected chi connectivity index (χ0v) is 10.5. The molecule has 0 aliphatic carbocycles. The number of carbonyl (C=O) groups excluding carboxylic acids is 1. The van der Waals surface area contributed by atoms with Gasteiger partial charge in [-0.05, 0) is 31.0 Å². The number of ketones is 1. The second-order valence-electron chi connectivity index (χ2n) is 3.17. The first-order valence-corrected chi connectivity index (χ1v) is 5.58. The van der Waals surface area contributed by atoms with Gasteiger partial charge in [-0.1, -0.05) is 31.5 Å². The monoisotopic (exact) mass is 245 g/mol. The molecule has 0 amide bonds. The number of hydrogen-bond donors (Lipinski definition) is 1. The summed E-state index contributed by atoms with van der Waals surface area (Å²) in [5.74, 6) is -0.597. The van der Waals surface area contributed by atoms with Crippen LogP contribution in [-0.4, -0.2) is 11.8 Å². The highest BCUT2D eigenvalue weighted by Gasteiger charge is 2.10. The Morgan fingerprint density at radius 1 is 1.50 bits per heavy atom. The molecule has 4 heteroatoms. The Labute approximate surface area is 101 Å². The molecule has 0 aliphatic heterocycles. The van der Waals surface area contributed by atoms with Crippen LogP contribution in [0.4, 0.5) is 4.39 Å². The number of rotatable bonds is 3. The quantitative estimate of drug-likeness (QED) is 0.890. The van der Waals surface area contributed by atoms with Gasteiger partial charge < -0.3 is 5.73 Å². The van der Waals surface area contributed by atoms with Crippen LogP contribution in [0.5, 0.6) is 0 Å². The summed E-state index contributed by atoms with van der Waals surface area (Å²) in [5.41, 5.74) is 6.21. The van der Waals surface area contributed by atoms with E-state index in [0.29, 0.717) is 12.0 Å². The summed E-state index contributed by atoms with van der Waals surface area (Å²) in [6.45, 7) is 5.41. The molecular formula is C12H17ClFNO. The van der Waals surface area contributed by atoms with Gasteiger partial charge in [-0.2, -0.15) is 0 Å². The summed E-state index contributed by atoms with van der Waals surface area (Å²) in [7, 11) is 0. The molecule has 0 heterocycles. The van der Waals surface area contributed by atoms with Crippen molar-refractivity contribution in [2.75, 3.05) is 0 Å². The van der Waals surface area contributed by atoms with Crippen LogP contribution >= 0.6 is 11.6 Å². The Hall–Kier alpha value is -0.930. The lowest BCUT2D eigenvalue weighted by Gasteiger charge is -2.07. The number of nitrogens with two attached hydrogens (primary N) is 1. The van der Waals surface area contributed by atoms with Crippen molar-refractivity contribution in [3.8, 4) is 0 Å². The number of hydrogen-bond acceptors (Lipinski definition) is 2. The van der Waals surface area contributed by atoms with Crippen molar-refractivity contribution in [2.45, 2.75) is 33.2 Å². The van der Waals surface area contributed by atoms with Crippen LogP contribution in [0.2, 0.25) is 5.02 Å². The first-order valence-electron chi connectivity index (χ1n) is 5.20. The van der Waals surface area contributed by atoms with E-state index in [-0.39, 0.29) is 10.8 Å². The summed E-state index contributed by atoms with van der Waals surface area (Å²) < 4.78 is 13.0. The maximum Gasteiger partial charge on any atom is 0.146 e. The van der Waals surface area contributed by atoms with E-state index in [9.17, 15) is 9.18 Å². The van der Waals surface area contributed by atoms with Crippen molar-refractivity contribution < 1.29 is 9.18 Å². The molecule has 0 aliphatic rings. The van der Waals surface area contributed by atoms with Crippen LogP contribution in [0.3, 0.4) is 0 Å². The third-order valence-corrected chi connectivity index (χ3v) is 2.27. The van der Waals surface area contributed by atoms with Crippen molar-refractivity contribution in [2.24, 2.45) is 5.73 Å². The van der Waals surface area contributed by atoms with Crippen molar-refractivity contribution in [3.63, 3.8) is 0 Å². The second-order valence-corrected chi connectivity index (χ2v) is 3.58. The molecule has 1 aromatic rings. The summed E-state index contributed by atoms with van der Waals surface area (Å²) in [5, 5.41) is 0.0742. The summed E-state index contributed by atoms with van der Waals surface area (Å²) in [6, 6.07) is 3.84. The number of carbonyl (C=O) groups is 1. The molecular weight excluding hydrogens is 229 g/mol. The van der Waals surface area contributed by atoms with E-state index in [1.54, 1.807) is 6.07 Å². The van der Waals surface area contributed by atoms with E-state index in [4.69, 9.17) is 17.3 Å². The maximum atomic E-state index is 13.0. The standard InChI is InChI=1S/C10H11ClFNO.C2H6/c1-6(14)10(13)5-7-2-3-8(11)9(12)4-7;1-2/h2-4,10H,5,13H2,1H3;1-2H3. The van der Waals surface area contributed by atoms with E-state index in [1.165, 1.54) is 19.1 Å². The lowest BCUT2D eigenvalue weighted by Crippen LogP contribution is -2.30. The molecule has 0 fully saturated rings. The zero-order chi connectivity index (χ0) is 12.7. The number of Topliss-reactive ketones (excluding diaryl/α,β-unsaturated/α-hetero) is 1. The third-order valence-electron chi connectivity index (χ3n) is 1.96. The first kappa shape index (κ1) is 15.1. The number of benzene rings is 1. The molecule has 2 N–H and O–H groups in total. The lowest BCUT2D eigenvalue weighted by atomic mass is 10.0. The van der Waals surface area contributed by atoms with Gasteiger partial charge in [0.1, 0.15) is 11.6 Å². The average Bonchev–Trinajstić information content (AvgIpc) is 2.26. The van der Waals surface area contributed by atoms with E-state index in [2.05, 4.69) is 0 Å². The van der Waals surface area contributed by atoms with Gasteiger partial charge in [0.15, 0.2) is 0 Å². The van der Waals surface area contributed by atoms with Crippen LogP contribution in [-0.2, 0) is 11.2 Å². The fourth-order valence-corrected chi connectivity index (χ4v) is 1.18. The molecule has 0 saturated carbocycles. The lowest BCUT2D eigenvalue weighted by molar-refractivity contribution is -0.118.